The van der Waals surface area contributed by atoms with Gasteiger partial charge in [0, 0.05) is 23.2 Å². The molecule has 0 fully saturated rings. The van der Waals surface area contributed by atoms with Crippen molar-refractivity contribution in [2.45, 2.75) is 0 Å². The summed E-state index contributed by atoms with van der Waals surface area (Å²) in [6, 6.07) is 20.7. The van der Waals surface area contributed by atoms with Crippen LogP contribution in [0, 0.1) is 0 Å². The van der Waals surface area contributed by atoms with Gasteiger partial charge in [0.25, 0.3) is 0 Å². The average Bonchev–Trinajstić information content (AvgIpc) is 2.59. The number of fused-ring (bicyclic) bond motifs is 2. The molecule has 4 aromatic rings. The second-order valence-corrected chi connectivity index (χ2v) is 5.24. The zero-order valence-corrected chi connectivity index (χ0v) is 12.0. The minimum atomic E-state index is 1.02. The van der Waals surface area contributed by atoms with Gasteiger partial charge < -0.3 is 0 Å². The maximum absolute atomic E-state index is 4.34. The molecule has 0 unspecified atom stereocenters. The molecule has 2 aromatic carbocycles. The van der Waals surface area contributed by atoms with Gasteiger partial charge in [0.15, 0.2) is 0 Å². The van der Waals surface area contributed by atoms with E-state index in [2.05, 4.69) is 70.7 Å². The normalized spacial score (nSPS) is 11.5. The second-order valence-electron chi connectivity index (χ2n) is 5.24. The van der Waals surface area contributed by atoms with Crippen molar-refractivity contribution < 1.29 is 0 Å². The second kappa shape index (κ2) is 5.41. The molecule has 2 aromatic heterocycles. The molecule has 0 aliphatic carbocycles. The highest BCUT2D eigenvalue weighted by Crippen LogP contribution is 2.18. The van der Waals surface area contributed by atoms with E-state index in [1.165, 1.54) is 11.1 Å². The fraction of sp³-hybridized carbons (Fsp3) is 0. The summed E-state index contributed by atoms with van der Waals surface area (Å²) in [4.78, 5) is 8.69. The highest BCUT2D eigenvalue weighted by molar-refractivity contribution is 5.85. The van der Waals surface area contributed by atoms with E-state index in [9.17, 15) is 0 Å². The van der Waals surface area contributed by atoms with Crippen molar-refractivity contribution in [3.05, 3.63) is 84.2 Å². The van der Waals surface area contributed by atoms with Crippen LogP contribution in [0.1, 0.15) is 11.1 Å². The molecule has 0 saturated heterocycles. The third kappa shape index (κ3) is 2.47. The topological polar surface area (TPSA) is 25.8 Å². The fourth-order valence-corrected chi connectivity index (χ4v) is 2.59. The molecule has 0 aliphatic heterocycles. The van der Waals surface area contributed by atoms with Crippen LogP contribution in [0.5, 0.6) is 0 Å². The number of rotatable bonds is 2. The minimum absolute atomic E-state index is 1.02. The molecule has 2 heterocycles. The molecule has 0 saturated carbocycles. The number of hydrogen-bond acceptors (Lipinski definition) is 2. The first kappa shape index (κ1) is 12.7. The minimum Gasteiger partial charge on any atom is -0.256 e. The summed E-state index contributed by atoms with van der Waals surface area (Å²) in [6.45, 7) is 0. The maximum Gasteiger partial charge on any atom is 0.0702 e. The molecule has 2 heteroatoms. The lowest BCUT2D eigenvalue weighted by Gasteiger charge is -2.00. The Labute approximate surface area is 128 Å². The number of nitrogens with zero attached hydrogens (tertiary/aromatic N) is 2. The van der Waals surface area contributed by atoms with Gasteiger partial charge in [-0.25, -0.2) is 0 Å². The van der Waals surface area contributed by atoms with Gasteiger partial charge >= 0.3 is 0 Å². The summed E-state index contributed by atoms with van der Waals surface area (Å²) >= 11 is 0. The van der Waals surface area contributed by atoms with E-state index in [1.54, 1.807) is 0 Å². The van der Waals surface area contributed by atoms with Crippen LogP contribution in [0.3, 0.4) is 0 Å². The lowest BCUT2D eigenvalue weighted by Crippen LogP contribution is -1.80. The Morgan fingerprint density at radius 1 is 0.591 bits per heavy atom. The van der Waals surface area contributed by atoms with E-state index in [0.717, 1.165) is 21.8 Å². The van der Waals surface area contributed by atoms with Gasteiger partial charge in [0.05, 0.1) is 11.0 Å². The van der Waals surface area contributed by atoms with Gasteiger partial charge in [0.1, 0.15) is 0 Å². The summed E-state index contributed by atoms with van der Waals surface area (Å²) in [5.74, 6) is 0. The number of aromatic nitrogens is 2. The molecule has 4 rings (SSSR count). The molecule has 0 radical (unpaired) electrons. The van der Waals surface area contributed by atoms with Gasteiger partial charge in [-0.05, 0) is 47.5 Å². The van der Waals surface area contributed by atoms with Crippen molar-refractivity contribution in [2.24, 2.45) is 0 Å². The SMILES string of the molecule is C(=C\c1ccc2ncccc2c1)/c1ccc2ncccc2c1. The molecule has 0 spiro atoms. The summed E-state index contributed by atoms with van der Waals surface area (Å²) in [6.07, 6.45) is 7.90. The van der Waals surface area contributed by atoms with E-state index in [1.807, 2.05) is 24.5 Å². The van der Waals surface area contributed by atoms with Gasteiger partial charge in [-0.15, -0.1) is 0 Å². The lowest BCUT2D eigenvalue weighted by molar-refractivity contribution is 1.41. The van der Waals surface area contributed by atoms with Crippen LogP contribution in [-0.2, 0) is 0 Å². The predicted molar refractivity (Wildman–Crippen MR) is 92.4 cm³/mol. The zero-order chi connectivity index (χ0) is 14.8. The van der Waals surface area contributed by atoms with Crippen molar-refractivity contribution in [1.82, 2.24) is 9.97 Å². The zero-order valence-electron chi connectivity index (χ0n) is 12.0. The maximum atomic E-state index is 4.34. The Hall–Kier alpha value is -3.00. The monoisotopic (exact) mass is 282 g/mol. The molecular weight excluding hydrogens is 268 g/mol. The fourth-order valence-electron chi connectivity index (χ4n) is 2.59. The molecular formula is C20H14N2. The Morgan fingerprint density at radius 2 is 1.09 bits per heavy atom. The largest absolute Gasteiger partial charge is 0.256 e. The molecule has 0 N–H and O–H groups in total. The van der Waals surface area contributed by atoms with E-state index < -0.39 is 0 Å². The van der Waals surface area contributed by atoms with E-state index in [4.69, 9.17) is 0 Å². The van der Waals surface area contributed by atoms with E-state index in [0.29, 0.717) is 0 Å². The van der Waals surface area contributed by atoms with Crippen LogP contribution in [0.15, 0.2) is 73.1 Å². The quantitative estimate of drug-likeness (QED) is 0.486. The molecule has 104 valence electrons. The smallest absolute Gasteiger partial charge is 0.0702 e. The van der Waals surface area contributed by atoms with Crippen molar-refractivity contribution in [2.75, 3.05) is 0 Å². The van der Waals surface area contributed by atoms with Crippen LogP contribution in [-0.4, -0.2) is 9.97 Å². The van der Waals surface area contributed by atoms with Gasteiger partial charge in [-0.1, -0.05) is 36.4 Å². The summed E-state index contributed by atoms with van der Waals surface area (Å²) in [5.41, 5.74) is 4.39. The Kier molecular flexibility index (Phi) is 3.13. The summed E-state index contributed by atoms with van der Waals surface area (Å²) < 4.78 is 0. The Bertz CT molecular complexity index is 905. The molecule has 0 amide bonds. The van der Waals surface area contributed by atoms with Crippen LogP contribution in [0.25, 0.3) is 34.0 Å². The molecule has 0 aliphatic rings. The van der Waals surface area contributed by atoms with Crippen LogP contribution < -0.4 is 0 Å². The first-order valence-corrected chi connectivity index (χ1v) is 7.26. The Morgan fingerprint density at radius 3 is 1.59 bits per heavy atom. The summed E-state index contributed by atoms with van der Waals surface area (Å²) in [5, 5.41) is 2.32. The van der Waals surface area contributed by atoms with Crippen molar-refractivity contribution in [3.8, 4) is 0 Å². The Balaban J connectivity index is 1.68. The van der Waals surface area contributed by atoms with E-state index >= 15 is 0 Å². The van der Waals surface area contributed by atoms with Crippen molar-refractivity contribution >= 4 is 34.0 Å². The lowest BCUT2D eigenvalue weighted by atomic mass is 10.1. The van der Waals surface area contributed by atoms with Gasteiger partial charge in [-0.2, -0.15) is 0 Å². The average molecular weight is 282 g/mol. The van der Waals surface area contributed by atoms with E-state index in [-0.39, 0.29) is 0 Å². The molecule has 22 heavy (non-hydrogen) atoms. The van der Waals surface area contributed by atoms with Crippen LogP contribution in [0.4, 0.5) is 0 Å². The summed E-state index contributed by atoms with van der Waals surface area (Å²) in [7, 11) is 0. The highest BCUT2D eigenvalue weighted by atomic mass is 14.6. The number of pyridine rings is 2. The van der Waals surface area contributed by atoms with Gasteiger partial charge in [-0.3, -0.25) is 9.97 Å². The number of hydrogen-bond donors (Lipinski definition) is 0. The molecule has 0 bridgehead atoms. The predicted octanol–water partition coefficient (Wildman–Crippen LogP) is 4.95. The molecule has 0 atom stereocenters. The first-order valence-electron chi connectivity index (χ1n) is 7.26. The first-order chi connectivity index (χ1) is 10.9. The van der Waals surface area contributed by atoms with Crippen LogP contribution in [0.2, 0.25) is 0 Å². The van der Waals surface area contributed by atoms with Crippen LogP contribution >= 0.6 is 0 Å². The standard InChI is InChI=1S/C20H14N2/c1-3-17-13-15(7-9-19(17)21-11-1)5-6-16-8-10-20-18(14-16)4-2-12-22-20/h1-14H/b6-5+. The van der Waals surface area contributed by atoms with Crippen molar-refractivity contribution in [3.63, 3.8) is 0 Å². The highest BCUT2D eigenvalue weighted by Gasteiger charge is 1.96. The molecule has 2 nitrogen and oxygen atoms in total. The third-order valence-corrected chi connectivity index (χ3v) is 3.72. The third-order valence-electron chi connectivity index (χ3n) is 3.72. The number of benzene rings is 2. The van der Waals surface area contributed by atoms with Crippen molar-refractivity contribution in [1.29, 1.82) is 0 Å². The van der Waals surface area contributed by atoms with Gasteiger partial charge in [0.2, 0.25) is 0 Å².